The number of hydrogen-bond acceptors (Lipinski definition) is 0. The molecule has 0 radical (unpaired) electrons. The third-order valence-corrected chi connectivity index (χ3v) is 6.88. The molecule has 0 aliphatic rings. The summed E-state index contributed by atoms with van der Waals surface area (Å²) in [4.78, 5) is 0. The Balaban J connectivity index is 2.19. The molecular formula is C28H3F19. The van der Waals surface area contributed by atoms with Gasteiger partial charge in [0.05, 0.1) is 11.1 Å². The summed E-state index contributed by atoms with van der Waals surface area (Å²) in [5.74, 6) is -38.9. The molecule has 5 rings (SSSR count). The standard InChI is InChI=1S/C28H3F19/c29-4-1-2-5-6(3-4)8(12-19(34)23(38)14(28(45,46)47)24(39)20(12)35)10-9(15(30)25(40)26(41)16(10)31)7(5)11-17(32)21(36)13(27(42,43)44)22(37)18(11)33/h1-3H. The van der Waals surface area contributed by atoms with Gasteiger partial charge in [0.1, 0.15) is 16.9 Å². The van der Waals surface area contributed by atoms with E-state index >= 15 is 26.3 Å². The molecule has 0 aromatic heterocycles. The van der Waals surface area contributed by atoms with E-state index in [1.165, 1.54) is 0 Å². The van der Waals surface area contributed by atoms with Crippen molar-refractivity contribution in [2.75, 3.05) is 0 Å². The molecule has 0 bridgehead atoms. The predicted molar refractivity (Wildman–Crippen MR) is 122 cm³/mol. The van der Waals surface area contributed by atoms with Crippen LogP contribution >= 0.6 is 0 Å². The molecule has 0 aliphatic heterocycles. The minimum Gasteiger partial charge on any atom is -0.207 e. The zero-order valence-corrected chi connectivity index (χ0v) is 21.4. The highest BCUT2D eigenvalue weighted by Crippen LogP contribution is 2.51. The molecule has 5 aromatic carbocycles. The average Bonchev–Trinajstić information content (AvgIpc) is 2.96. The Morgan fingerprint density at radius 2 is 0.638 bits per heavy atom. The highest BCUT2D eigenvalue weighted by Gasteiger charge is 2.45. The highest BCUT2D eigenvalue weighted by atomic mass is 19.4. The van der Waals surface area contributed by atoms with Gasteiger partial charge in [0, 0.05) is 21.9 Å². The molecule has 0 saturated carbocycles. The van der Waals surface area contributed by atoms with Gasteiger partial charge in [0.2, 0.25) is 0 Å². The van der Waals surface area contributed by atoms with Crippen LogP contribution in [0.1, 0.15) is 11.1 Å². The number of halogens is 19. The van der Waals surface area contributed by atoms with E-state index in [1.54, 1.807) is 0 Å². The molecule has 0 amide bonds. The summed E-state index contributed by atoms with van der Waals surface area (Å²) in [7, 11) is 0. The van der Waals surface area contributed by atoms with E-state index < -0.39 is 143 Å². The smallest absolute Gasteiger partial charge is 0.207 e. The summed E-state index contributed by atoms with van der Waals surface area (Å²) in [5.41, 5.74) is -15.5. The summed E-state index contributed by atoms with van der Waals surface area (Å²) in [5, 5.41) is -7.58. The van der Waals surface area contributed by atoms with Crippen LogP contribution in [0.15, 0.2) is 18.2 Å². The molecule has 19 heteroatoms. The zero-order valence-electron chi connectivity index (χ0n) is 21.4. The molecule has 0 nitrogen and oxygen atoms in total. The van der Waals surface area contributed by atoms with Gasteiger partial charge in [-0.05, 0) is 22.9 Å². The number of rotatable bonds is 2. The van der Waals surface area contributed by atoms with E-state index in [1.807, 2.05) is 0 Å². The Morgan fingerprint density at radius 3 is 0.957 bits per heavy atom. The Bertz CT molecular complexity index is 2130. The van der Waals surface area contributed by atoms with Crippen LogP contribution in [0.2, 0.25) is 0 Å². The molecule has 0 atom stereocenters. The second kappa shape index (κ2) is 10.7. The van der Waals surface area contributed by atoms with Crippen LogP contribution in [0, 0.1) is 75.6 Å². The van der Waals surface area contributed by atoms with E-state index in [4.69, 9.17) is 0 Å². The van der Waals surface area contributed by atoms with Gasteiger partial charge in [0.15, 0.2) is 69.8 Å². The Hall–Kier alpha value is -4.71. The first-order valence-electron chi connectivity index (χ1n) is 11.8. The van der Waals surface area contributed by atoms with Crippen LogP contribution in [0.5, 0.6) is 0 Å². The minimum atomic E-state index is -6.19. The maximum atomic E-state index is 15.5. The van der Waals surface area contributed by atoms with Crippen molar-refractivity contribution in [1.29, 1.82) is 0 Å². The third-order valence-electron chi connectivity index (χ3n) is 6.88. The highest BCUT2D eigenvalue weighted by molar-refractivity contribution is 6.22. The number of hydrogen-bond donors (Lipinski definition) is 0. The summed E-state index contributed by atoms with van der Waals surface area (Å²) >= 11 is 0. The van der Waals surface area contributed by atoms with Crippen molar-refractivity contribution in [3.63, 3.8) is 0 Å². The largest absolute Gasteiger partial charge is 0.422 e. The monoisotopic (exact) mass is 700 g/mol. The molecule has 0 saturated heterocycles. The summed E-state index contributed by atoms with van der Waals surface area (Å²) in [6.07, 6.45) is -12.4. The topological polar surface area (TPSA) is 0 Å². The van der Waals surface area contributed by atoms with E-state index in [9.17, 15) is 57.1 Å². The molecule has 0 spiro atoms. The Labute approximate surface area is 245 Å². The van der Waals surface area contributed by atoms with Crippen LogP contribution in [0.4, 0.5) is 83.4 Å². The lowest BCUT2D eigenvalue weighted by Crippen LogP contribution is -2.17. The van der Waals surface area contributed by atoms with Gasteiger partial charge in [-0.3, -0.25) is 0 Å². The van der Waals surface area contributed by atoms with Crippen LogP contribution in [-0.4, -0.2) is 0 Å². The molecule has 0 aliphatic carbocycles. The van der Waals surface area contributed by atoms with Crippen molar-refractivity contribution >= 4 is 21.5 Å². The van der Waals surface area contributed by atoms with Gasteiger partial charge in [0.25, 0.3) is 0 Å². The van der Waals surface area contributed by atoms with E-state index in [0.717, 1.165) is 0 Å². The first-order valence-corrected chi connectivity index (χ1v) is 11.8. The van der Waals surface area contributed by atoms with Crippen molar-refractivity contribution in [3.8, 4) is 22.3 Å². The van der Waals surface area contributed by atoms with Crippen LogP contribution in [0.3, 0.4) is 0 Å². The normalized spacial score (nSPS) is 12.6. The first-order chi connectivity index (χ1) is 21.5. The quantitative estimate of drug-likeness (QED) is 0.0745. The van der Waals surface area contributed by atoms with Crippen LogP contribution in [0.25, 0.3) is 43.8 Å². The van der Waals surface area contributed by atoms with E-state index in [-0.39, 0.29) is 18.2 Å². The predicted octanol–water partition coefficient (Wildman–Crippen LogP) is 11.2. The maximum absolute atomic E-state index is 15.5. The zero-order chi connectivity index (χ0) is 35.4. The molecule has 0 fully saturated rings. The second-order valence-corrected chi connectivity index (χ2v) is 9.45. The lowest BCUT2D eigenvalue weighted by Gasteiger charge is -2.22. The third kappa shape index (κ3) is 4.71. The molecule has 0 unspecified atom stereocenters. The van der Waals surface area contributed by atoms with Gasteiger partial charge in [-0.1, -0.05) is 6.07 Å². The van der Waals surface area contributed by atoms with Gasteiger partial charge in [-0.25, -0.2) is 57.1 Å². The maximum Gasteiger partial charge on any atom is 0.422 e. The fourth-order valence-electron chi connectivity index (χ4n) is 5.03. The summed E-state index contributed by atoms with van der Waals surface area (Å²) < 4.78 is 273. The fraction of sp³-hybridized carbons (Fsp3) is 0.0714. The van der Waals surface area contributed by atoms with Gasteiger partial charge in [-0.2, -0.15) is 26.3 Å². The van der Waals surface area contributed by atoms with Crippen molar-refractivity contribution in [2.24, 2.45) is 0 Å². The number of fused-ring (bicyclic) bond motifs is 2. The molecule has 47 heavy (non-hydrogen) atoms. The molecular weight excluding hydrogens is 697 g/mol. The number of benzene rings is 5. The molecule has 248 valence electrons. The first kappa shape index (κ1) is 33.6. The lowest BCUT2D eigenvalue weighted by atomic mass is 9.84. The van der Waals surface area contributed by atoms with Crippen molar-refractivity contribution in [1.82, 2.24) is 0 Å². The Kier molecular flexibility index (Phi) is 7.63. The Morgan fingerprint density at radius 1 is 0.319 bits per heavy atom. The van der Waals surface area contributed by atoms with Crippen LogP contribution in [-0.2, 0) is 12.4 Å². The summed E-state index contributed by atoms with van der Waals surface area (Å²) in [6.45, 7) is 0. The van der Waals surface area contributed by atoms with E-state index in [2.05, 4.69) is 0 Å². The fourth-order valence-corrected chi connectivity index (χ4v) is 5.03. The SMILES string of the molecule is Fc1ccc2c(-c3c(F)c(F)c(C(F)(F)F)c(F)c3F)c3c(F)c(F)c(F)c(F)c3c(-c3c(F)c(F)c(C(F)(F)F)c(F)c3F)c2c1. The molecule has 0 N–H and O–H groups in total. The van der Waals surface area contributed by atoms with Gasteiger partial charge in [-0.15, -0.1) is 0 Å². The van der Waals surface area contributed by atoms with Gasteiger partial charge < -0.3 is 0 Å². The van der Waals surface area contributed by atoms with E-state index in [0.29, 0.717) is 0 Å². The van der Waals surface area contributed by atoms with Crippen molar-refractivity contribution < 1.29 is 83.4 Å². The van der Waals surface area contributed by atoms with Crippen molar-refractivity contribution in [3.05, 3.63) is 105 Å². The minimum absolute atomic E-state index is 0.106. The average molecular weight is 700 g/mol. The van der Waals surface area contributed by atoms with Crippen LogP contribution < -0.4 is 0 Å². The second-order valence-electron chi connectivity index (χ2n) is 9.45. The lowest BCUT2D eigenvalue weighted by molar-refractivity contribution is -0.144. The number of alkyl halides is 6. The van der Waals surface area contributed by atoms with Gasteiger partial charge >= 0.3 is 12.4 Å². The van der Waals surface area contributed by atoms with Crippen molar-refractivity contribution in [2.45, 2.75) is 12.4 Å². The summed E-state index contributed by atoms with van der Waals surface area (Å²) in [6, 6.07) is 0.217. The molecule has 0 heterocycles. The molecule has 5 aromatic rings.